The van der Waals surface area contributed by atoms with E-state index >= 15 is 0 Å². The van der Waals surface area contributed by atoms with Gasteiger partial charge in [-0.05, 0) is 80.9 Å². The molecule has 0 N–H and O–H groups in total. The van der Waals surface area contributed by atoms with Gasteiger partial charge < -0.3 is 9.64 Å². The summed E-state index contributed by atoms with van der Waals surface area (Å²) in [6.07, 6.45) is 8.13. The van der Waals surface area contributed by atoms with Crippen molar-refractivity contribution in [1.82, 2.24) is 19.4 Å². The Bertz CT molecular complexity index is 1180. The molecule has 1 fully saturated rings. The van der Waals surface area contributed by atoms with E-state index in [0.29, 0.717) is 17.9 Å². The fourth-order valence-electron chi connectivity index (χ4n) is 4.51. The van der Waals surface area contributed by atoms with Crippen molar-refractivity contribution in [3.8, 4) is 23.0 Å². The van der Waals surface area contributed by atoms with Gasteiger partial charge in [0.25, 0.3) is 0 Å². The Labute approximate surface area is 193 Å². The molecule has 6 heteroatoms. The molecule has 0 radical (unpaired) electrons. The molecule has 3 heterocycles. The minimum absolute atomic E-state index is 0.302. The summed E-state index contributed by atoms with van der Waals surface area (Å²) < 4.78 is 21.9. The third-order valence-corrected chi connectivity index (χ3v) is 6.19. The summed E-state index contributed by atoms with van der Waals surface area (Å²) in [7, 11) is 0. The Hall–Kier alpha value is -3.25. The number of aromatic nitrogens is 3. The van der Waals surface area contributed by atoms with Crippen molar-refractivity contribution in [2.45, 2.75) is 32.1 Å². The number of ether oxygens (including phenoxy) is 1. The van der Waals surface area contributed by atoms with Crippen LogP contribution in [0.25, 0.3) is 28.2 Å². The van der Waals surface area contributed by atoms with E-state index in [2.05, 4.69) is 14.9 Å². The largest absolute Gasteiger partial charge is 0.494 e. The molecule has 0 unspecified atom stereocenters. The van der Waals surface area contributed by atoms with Crippen LogP contribution < -0.4 is 4.74 Å². The van der Waals surface area contributed by atoms with Crippen molar-refractivity contribution < 1.29 is 9.13 Å². The molecule has 0 atom stereocenters. The second-order valence-electron chi connectivity index (χ2n) is 8.57. The van der Waals surface area contributed by atoms with Gasteiger partial charge in [0.1, 0.15) is 17.3 Å². The second-order valence-corrected chi connectivity index (χ2v) is 8.57. The molecule has 1 saturated heterocycles. The van der Waals surface area contributed by atoms with E-state index in [1.54, 1.807) is 12.3 Å². The highest BCUT2D eigenvalue weighted by Crippen LogP contribution is 2.29. The molecule has 4 aromatic rings. The summed E-state index contributed by atoms with van der Waals surface area (Å²) in [4.78, 5) is 11.7. The van der Waals surface area contributed by atoms with Crippen LogP contribution >= 0.6 is 0 Å². The molecular formula is C27H29FN4O. The number of rotatable bonds is 7. The summed E-state index contributed by atoms with van der Waals surface area (Å²) in [5.41, 5.74) is 3.11. The molecular weight excluding hydrogens is 415 g/mol. The first-order valence-corrected chi connectivity index (χ1v) is 11.8. The van der Waals surface area contributed by atoms with Crippen molar-refractivity contribution in [3.05, 3.63) is 72.7 Å². The van der Waals surface area contributed by atoms with Crippen molar-refractivity contribution in [2.75, 3.05) is 26.2 Å². The van der Waals surface area contributed by atoms with Gasteiger partial charge in [-0.3, -0.25) is 9.55 Å². The number of nitrogens with zero attached hydrogens (tertiary/aromatic N) is 4. The van der Waals surface area contributed by atoms with Gasteiger partial charge in [0.05, 0.1) is 17.6 Å². The van der Waals surface area contributed by atoms with Crippen LogP contribution in [0, 0.1) is 5.82 Å². The molecule has 0 bridgehead atoms. The highest BCUT2D eigenvalue weighted by molar-refractivity contribution is 5.82. The maximum absolute atomic E-state index is 13.8. The Balaban J connectivity index is 1.32. The van der Waals surface area contributed by atoms with Crippen molar-refractivity contribution in [1.29, 1.82) is 0 Å². The smallest absolute Gasteiger partial charge is 0.164 e. The quantitative estimate of drug-likeness (QED) is 0.334. The molecule has 2 aromatic carbocycles. The van der Waals surface area contributed by atoms with Crippen LogP contribution in [0.2, 0.25) is 0 Å². The fourth-order valence-corrected chi connectivity index (χ4v) is 4.51. The average molecular weight is 445 g/mol. The second kappa shape index (κ2) is 10.1. The van der Waals surface area contributed by atoms with Gasteiger partial charge in [0.15, 0.2) is 5.82 Å². The maximum atomic E-state index is 13.8. The lowest BCUT2D eigenvalue weighted by Gasteiger charge is -2.19. The van der Waals surface area contributed by atoms with Crippen LogP contribution in [0.4, 0.5) is 4.39 Å². The average Bonchev–Trinajstić information content (AvgIpc) is 3.02. The first-order valence-electron chi connectivity index (χ1n) is 11.8. The minimum Gasteiger partial charge on any atom is -0.494 e. The molecule has 170 valence electrons. The molecule has 1 aliphatic heterocycles. The van der Waals surface area contributed by atoms with E-state index in [1.165, 1.54) is 50.9 Å². The predicted molar refractivity (Wildman–Crippen MR) is 129 cm³/mol. The number of benzene rings is 2. The van der Waals surface area contributed by atoms with E-state index in [1.807, 2.05) is 47.0 Å². The predicted octanol–water partition coefficient (Wildman–Crippen LogP) is 5.87. The van der Waals surface area contributed by atoms with E-state index < -0.39 is 0 Å². The molecule has 0 saturated carbocycles. The first kappa shape index (κ1) is 21.6. The number of pyridine rings is 1. The normalized spacial score (nSPS) is 14.9. The molecule has 2 aromatic heterocycles. The summed E-state index contributed by atoms with van der Waals surface area (Å²) >= 11 is 0. The molecule has 0 amide bonds. The van der Waals surface area contributed by atoms with Crippen LogP contribution in [-0.4, -0.2) is 45.7 Å². The third-order valence-electron chi connectivity index (χ3n) is 6.19. The van der Waals surface area contributed by atoms with E-state index in [0.717, 1.165) is 35.6 Å². The summed E-state index contributed by atoms with van der Waals surface area (Å²) in [5.74, 6) is 1.23. The van der Waals surface area contributed by atoms with Gasteiger partial charge in [0, 0.05) is 24.5 Å². The van der Waals surface area contributed by atoms with Crippen molar-refractivity contribution in [2.24, 2.45) is 0 Å². The molecule has 33 heavy (non-hydrogen) atoms. The van der Waals surface area contributed by atoms with Gasteiger partial charge in [-0.2, -0.15) is 0 Å². The highest BCUT2D eigenvalue weighted by Gasteiger charge is 2.16. The zero-order chi connectivity index (χ0) is 22.5. The first-order chi connectivity index (χ1) is 16.3. The SMILES string of the molecule is Fc1ccc2c(c1)nc(-c1ccccn1)n2-c1ccc(OCCCN2CCCCCC2)cc1. The van der Waals surface area contributed by atoms with E-state index in [9.17, 15) is 4.39 Å². The van der Waals surface area contributed by atoms with Crippen molar-refractivity contribution in [3.63, 3.8) is 0 Å². The zero-order valence-electron chi connectivity index (χ0n) is 18.8. The molecule has 1 aliphatic rings. The highest BCUT2D eigenvalue weighted by atomic mass is 19.1. The molecule has 5 rings (SSSR count). The monoisotopic (exact) mass is 444 g/mol. The van der Waals surface area contributed by atoms with Gasteiger partial charge >= 0.3 is 0 Å². The van der Waals surface area contributed by atoms with Crippen LogP contribution in [0.5, 0.6) is 5.75 Å². The van der Waals surface area contributed by atoms with Gasteiger partial charge in [-0.25, -0.2) is 9.37 Å². The van der Waals surface area contributed by atoms with Crippen LogP contribution in [0.3, 0.4) is 0 Å². The summed E-state index contributed by atoms with van der Waals surface area (Å²) in [6.45, 7) is 4.25. The number of halogens is 1. The number of likely N-dealkylation sites (tertiary alicyclic amines) is 1. The van der Waals surface area contributed by atoms with Gasteiger partial charge in [-0.1, -0.05) is 18.9 Å². The van der Waals surface area contributed by atoms with E-state index in [4.69, 9.17) is 4.74 Å². The lowest BCUT2D eigenvalue weighted by Crippen LogP contribution is -2.26. The number of hydrogen-bond donors (Lipinski definition) is 0. The topological polar surface area (TPSA) is 43.2 Å². The Morgan fingerprint density at radius 3 is 2.48 bits per heavy atom. The standard InChI is InChI=1S/C27H29FN4O/c28-21-9-14-26-25(20-21)30-27(24-8-3-4-15-29-24)32(26)22-10-12-23(13-11-22)33-19-7-18-31-16-5-1-2-6-17-31/h3-4,8-15,20H,1-2,5-7,16-19H2. The van der Waals surface area contributed by atoms with Crippen molar-refractivity contribution >= 4 is 11.0 Å². The molecule has 0 aliphatic carbocycles. The molecule has 5 nitrogen and oxygen atoms in total. The van der Waals surface area contributed by atoms with Gasteiger partial charge in [0.2, 0.25) is 0 Å². The maximum Gasteiger partial charge on any atom is 0.164 e. The van der Waals surface area contributed by atoms with Gasteiger partial charge in [-0.15, -0.1) is 0 Å². The summed E-state index contributed by atoms with van der Waals surface area (Å²) in [5, 5.41) is 0. The number of imidazole rings is 1. The van der Waals surface area contributed by atoms with E-state index in [-0.39, 0.29) is 5.82 Å². The Morgan fingerprint density at radius 2 is 1.73 bits per heavy atom. The van der Waals surface area contributed by atoms with Crippen LogP contribution in [0.15, 0.2) is 66.9 Å². The summed E-state index contributed by atoms with van der Waals surface area (Å²) in [6, 6.07) is 18.4. The Kier molecular flexibility index (Phi) is 6.63. The van der Waals surface area contributed by atoms with Crippen LogP contribution in [-0.2, 0) is 0 Å². The third kappa shape index (κ3) is 5.06. The Morgan fingerprint density at radius 1 is 0.909 bits per heavy atom. The minimum atomic E-state index is -0.302. The number of hydrogen-bond acceptors (Lipinski definition) is 4. The zero-order valence-corrected chi connectivity index (χ0v) is 18.8. The number of fused-ring (bicyclic) bond motifs is 1. The lowest BCUT2D eigenvalue weighted by molar-refractivity contribution is 0.240. The van der Waals surface area contributed by atoms with Crippen LogP contribution in [0.1, 0.15) is 32.1 Å². The fraction of sp³-hybridized carbons (Fsp3) is 0.333. The lowest BCUT2D eigenvalue weighted by atomic mass is 10.2. The molecule has 0 spiro atoms.